The molecule has 0 radical (unpaired) electrons. The maximum Gasteiger partial charge on any atom is 0.0971 e. The van der Waals surface area contributed by atoms with E-state index in [1.54, 1.807) is 24.8 Å². The van der Waals surface area contributed by atoms with Crippen molar-refractivity contribution >= 4 is 65.2 Å². The van der Waals surface area contributed by atoms with Crippen LogP contribution in [0.1, 0.15) is 25.0 Å². The molecule has 4 nitrogen and oxygen atoms in total. The number of rotatable bonds is 4. The van der Waals surface area contributed by atoms with Crippen molar-refractivity contribution in [2.45, 2.75) is 19.3 Å². The molecule has 0 saturated heterocycles. The van der Waals surface area contributed by atoms with Crippen molar-refractivity contribution < 1.29 is 0 Å². The molecule has 0 atom stereocenters. The zero-order valence-corrected chi connectivity index (χ0v) is 34.8. The van der Waals surface area contributed by atoms with E-state index in [4.69, 9.17) is 19.9 Å². The topological polar surface area (TPSA) is 51.6 Å². The number of aromatic nitrogens is 4. The predicted molar refractivity (Wildman–Crippen MR) is 262 cm³/mol. The Morgan fingerprint density at radius 3 is 1.00 bits per heavy atom. The molecule has 0 unspecified atom stereocenters. The Labute approximate surface area is 364 Å². The van der Waals surface area contributed by atoms with Crippen molar-refractivity contribution in [3.05, 3.63) is 206 Å². The first-order valence-corrected chi connectivity index (χ1v) is 21.6. The maximum absolute atomic E-state index is 4.83. The molecule has 294 valence electrons. The number of hydrogen-bond acceptors (Lipinski definition) is 4. The van der Waals surface area contributed by atoms with Gasteiger partial charge in [0.15, 0.2) is 0 Å². The van der Waals surface area contributed by atoms with Crippen LogP contribution in [0.5, 0.6) is 0 Å². The number of nitrogens with zero attached hydrogens (tertiary/aromatic N) is 4. The van der Waals surface area contributed by atoms with Crippen LogP contribution in [0.25, 0.3) is 121 Å². The van der Waals surface area contributed by atoms with Crippen LogP contribution in [0.4, 0.5) is 0 Å². The molecule has 0 aliphatic heterocycles. The van der Waals surface area contributed by atoms with Crippen LogP contribution in [0.2, 0.25) is 0 Å². The average Bonchev–Trinajstić information content (AvgIpc) is 3.58. The molecule has 10 aromatic carbocycles. The highest BCUT2D eigenvalue weighted by Crippen LogP contribution is 2.51. The van der Waals surface area contributed by atoms with Crippen LogP contribution in [-0.2, 0) is 5.41 Å². The largest absolute Gasteiger partial charge is 0.252 e. The van der Waals surface area contributed by atoms with E-state index in [1.165, 1.54) is 77.2 Å². The van der Waals surface area contributed by atoms with E-state index in [-0.39, 0.29) is 5.41 Å². The van der Waals surface area contributed by atoms with Gasteiger partial charge in [-0.1, -0.05) is 147 Å². The van der Waals surface area contributed by atoms with E-state index in [0.717, 1.165) is 54.7 Å². The van der Waals surface area contributed by atoms with Crippen molar-refractivity contribution in [1.29, 1.82) is 0 Å². The van der Waals surface area contributed by atoms with Gasteiger partial charge in [0.1, 0.15) is 0 Å². The second kappa shape index (κ2) is 13.5. The van der Waals surface area contributed by atoms with Crippen molar-refractivity contribution in [3.8, 4) is 55.6 Å². The molecule has 0 amide bonds. The summed E-state index contributed by atoms with van der Waals surface area (Å²) in [5, 5.41) is 9.27. The molecule has 1 aliphatic carbocycles. The van der Waals surface area contributed by atoms with Gasteiger partial charge < -0.3 is 0 Å². The van der Waals surface area contributed by atoms with E-state index in [1.807, 2.05) is 0 Å². The highest BCUT2D eigenvalue weighted by atomic mass is 14.8. The van der Waals surface area contributed by atoms with Crippen LogP contribution < -0.4 is 0 Å². The van der Waals surface area contributed by atoms with Gasteiger partial charge in [-0.2, -0.15) is 0 Å². The van der Waals surface area contributed by atoms with Crippen molar-refractivity contribution in [2.75, 3.05) is 0 Å². The third kappa shape index (κ3) is 5.41. The van der Waals surface area contributed by atoms with Gasteiger partial charge >= 0.3 is 0 Å². The lowest BCUT2D eigenvalue weighted by atomic mass is 9.82. The van der Waals surface area contributed by atoms with Crippen LogP contribution in [0, 0.1) is 0 Å². The molecule has 0 saturated carbocycles. The molecular formula is C59H38N4. The quantitative estimate of drug-likeness (QED) is 0.166. The molecule has 13 rings (SSSR count). The summed E-state index contributed by atoms with van der Waals surface area (Å²) in [6.07, 6.45) is 7.16. The van der Waals surface area contributed by atoms with Gasteiger partial charge in [-0.3, -0.25) is 19.9 Å². The lowest BCUT2D eigenvalue weighted by Crippen LogP contribution is -2.14. The van der Waals surface area contributed by atoms with E-state index in [9.17, 15) is 0 Å². The van der Waals surface area contributed by atoms with Gasteiger partial charge in [-0.05, 0) is 125 Å². The highest BCUT2D eigenvalue weighted by Gasteiger charge is 2.35. The van der Waals surface area contributed by atoms with Gasteiger partial charge in [-0.15, -0.1) is 0 Å². The fourth-order valence-corrected chi connectivity index (χ4v) is 10.5. The predicted octanol–water partition coefficient (Wildman–Crippen LogP) is 15.2. The fourth-order valence-electron chi connectivity index (χ4n) is 10.5. The minimum absolute atomic E-state index is 0.118. The summed E-state index contributed by atoms with van der Waals surface area (Å²) in [5.74, 6) is 0. The summed E-state index contributed by atoms with van der Waals surface area (Å²) >= 11 is 0. The number of fused-ring (bicyclic) bond motifs is 15. The molecule has 0 N–H and O–H groups in total. The molecule has 2 aromatic heterocycles. The normalized spacial score (nSPS) is 13.0. The first kappa shape index (κ1) is 35.7. The monoisotopic (exact) mass is 802 g/mol. The maximum atomic E-state index is 4.83. The lowest BCUT2D eigenvalue weighted by molar-refractivity contribution is 0.660. The second-order valence-electron chi connectivity index (χ2n) is 17.4. The van der Waals surface area contributed by atoms with Crippen LogP contribution >= 0.6 is 0 Å². The van der Waals surface area contributed by atoms with E-state index in [0.29, 0.717) is 0 Å². The first-order valence-electron chi connectivity index (χ1n) is 21.6. The SMILES string of the molecule is CC1(C)c2ccc(-c3cccc(-c4ccc5c6ccccc6c6nccnc6c5c4)c3)cc2-c2cc(-c3cccc(-c4ccc5c6ccccc6c6nccnc6c5c4)c3)ccc21. The Hall–Kier alpha value is -8.08. The standard InChI is InChI=1S/C59H38N4/c1-59(2)53-23-19-41(37-11-7-9-35(29-37)39-17-21-45-43-13-3-5-15-47(43)55-57(51(45)33-39)62-27-25-60-55)31-49(53)50-32-42(20-24-54(50)59)38-12-8-10-36(30-38)40-18-22-46-44-14-4-6-16-48(44)56-58(52(46)34-40)63-28-26-61-56/h3-34H,1-2H3. The van der Waals surface area contributed by atoms with Crippen LogP contribution in [-0.4, -0.2) is 19.9 Å². The summed E-state index contributed by atoms with van der Waals surface area (Å²) in [7, 11) is 0. The first-order chi connectivity index (χ1) is 31.0. The number of hydrogen-bond donors (Lipinski definition) is 0. The lowest BCUT2D eigenvalue weighted by Gasteiger charge is -2.21. The Morgan fingerprint density at radius 1 is 0.270 bits per heavy atom. The summed E-state index contributed by atoms with van der Waals surface area (Å²) in [6.45, 7) is 4.71. The second-order valence-corrected chi connectivity index (χ2v) is 17.4. The third-order valence-corrected chi connectivity index (χ3v) is 13.6. The third-order valence-electron chi connectivity index (χ3n) is 13.6. The Balaban J connectivity index is 0.878. The average molecular weight is 803 g/mol. The molecule has 63 heavy (non-hydrogen) atoms. The highest BCUT2D eigenvalue weighted by molar-refractivity contribution is 6.24. The van der Waals surface area contributed by atoms with Crippen LogP contribution in [0.15, 0.2) is 195 Å². The number of benzene rings is 10. The minimum Gasteiger partial charge on any atom is -0.252 e. The summed E-state index contributed by atoms with van der Waals surface area (Å²) in [5.41, 5.74) is 18.4. The van der Waals surface area contributed by atoms with Crippen molar-refractivity contribution in [1.82, 2.24) is 19.9 Å². The van der Waals surface area contributed by atoms with E-state index >= 15 is 0 Å². The molecule has 2 heterocycles. The Bertz CT molecular complexity index is 3580. The molecule has 12 aromatic rings. The Kier molecular flexibility index (Phi) is 7.62. The molecule has 1 aliphatic rings. The zero-order chi connectivity index (χ0) is 41.8. The molecule has 4 heteroatoms. The molecule has 0 fully saturated rings. The van der Waals surface area contributed by atoms with Gasteiger partial charge in [0.05, 0.1) is 22.1 Å². The van der Waals surface area contributed by atoms with Gasteiger partial charge in [0.25, 0.3) is 0 Å². The smallest absolute Gasteiger partial charge is 0.0971 e. The summed E-state index contributed by atoms with van der Waals surface area (Å²) in [4.78, 5) is 19.2. The Morgan fingerprint density at radius 2 is 0.587 bits per heavy atom. The van der Waals surface area contributed by atoms with Crippen LogP contribution in [0.3, 0.4) is 0 Å². The molecule has 0 spiro atoms. The summed E-state index contributed by atoms with van der Waals surface area (Å²) in [6, 6.07) is 62.5. The van der Waals surface area contributed by atoms with E-state index in [2.05, 4.69) is 184 Å². The minimum atomic E-state index is -0.118. The van der Waals surface area contributed by atoms with Gasteiger partial charge in [0, 0.05) is 51.7 Å². The van der Waals surface area contributed by atoms with E-state index < -0.39 is 0 Å². The molecular weight excluding hydrogens is 765 g/mol. The molecule has 0 bridgehead atoms. The van der Waals surface area contributed by atoms with Crippen molar-refractivity contribution in [2.24, 2.45) is 0 Å². The fraction of sp³-hybridized carbons (Fsp3) is 0.0508. The summed E-state index contributed by atoms with van der Waals surface area (Å²) < 4.78 is 0. The van der Waals surface area contributed by atoms with Gasteiger partial charge in [-0.25, -0.2) is 0 Å². The van der Waals surface area contributed by atoms with Crippen molar-refractivity contribution in [3.63, 3.8) is 0 Å². The van der Waals surface area contributed by atoms with Gasteiger partial charge in [0.2, 0.25) is 0 Å². The zero-order valence-electron chi connectivity index (χ0n) is 34.8.